The highest BCUT2D eigenvalue weighted by atomic mass is 32.2. The zero-order chi connectivity index (χ0) is 14.6. The van der Waals surface area contributed by atoms with Crippen LogP contribution in [0.1, 0.15) is 10.4 Å². The molecule has 0 aliphatic carbocycles. The van der Waals surface area contributed by atoms with Gasteiger partial charge in [-0.1, -0.05) is 6.07 Å². The van der Waals surface area contributed by atoms with Gasteiger partial charge in [0.05, 0.1) is 6.26 Å². The van der Waals surface area contributed by atoms with Gasteiger partial charge in [0.1, 0.15) is 5.82 Å². The molecule has 1 amide bonds. The van der Waals surface area contributed by atoms with E-state index in [1.165, 1.54) is 24.3 Å². The van der Waals surface area contributed by atoms with E-state index in [0.29, 0.717) is 17.1 Å². The Morgan fingerprint density at radius 1 is 1.10 bits per heavy atom. The molecule has 1 aromatic heterocycles. The summed E-state index contributed by atoms with van der Waals surface area (Å²) in [4.78, 5) is 15.9. The van der Waals surface area contributed by atoms with Gasteiger partial charge < -0.3 is 5.32 Å². The van der Waals surface area contributed by atoms with E-state index in [4.69, 9.17) is 0 Å². The van der Waals surface area contributed by atoms with E-state index in [1.54, 1.807) is 24.4 Å². The molecule has 1 aromatic carbocycles. The Kier molecular flexibility index (Phi) is 3.99. The van der Waals surface area contributed by atoms with E-state index in [2.05, 4.69) is 15.0 Å². The van der Waals surface area contributed by atoms with Gasteiger partial charge >= 0.3 is 0 Å². The second-order valence-electron chi connectivity index (χ2n) is 4.12. The molecule has 0 aliphatic rings. The van der Waals surface area contributed by atoms with E-state index in [-0.39, 0.29) is 5.91 Å². The Balaban J connectivity index is 2.08. The summed E-state index contributed by atoms with van der Waals surface area (Å²) < 4.78 is 24.4. The fraction of sp³-hybridized carbons (Fsp3) is 0.0769. The van der Waals surface area contributed by atoms with Crippen molar-refractivity contribution in [1.29, 1.82) is 0 Å². The Morgan fingerprint density at radius 2 is 1.80 bits per heavy atom. The highest BCUT2D eigenvalue weighted by Crippen LogP contribution is 2.12. The molecule has 0 saturated heterocycles. The van der Waals surface area contributed by atoms with Crippen LogP contribution in [0.2, 0.25) is 0 Å². The Morgan fingerprint density at radius 3 is 2.35 bits per heavy atom. The van der Waals surface area contributed by atoms with Crippen molar-refractivity contribution in [3.8, 4) is 0 Å². The molecule has 7 heteroatoms. The first kappa shape index (κ1) is 14.0. The van der Waals surface area contributed by atoms with Gasteiger partial charge in [-0.05, 0) is 36.4 Å². The van der Waals surface area contributed by atoms with Gasteiger partial charge in [-0.15, -0.1) is 0 Å². The summed E-state index contributed by atoms with van der Waals surface area (Å²) in [6.07, 6.45) is 2.64. The maximum Gasteiger partial charge on any atom is 0.256 e. The molecule has 0 saturated carbocycles. The summed E-state index contributed by atoms with van der Waals surface area (Å²) in [5, 5.41) is 2.64. The molecule has 0 atom stereocenters. The van der Waals surface area contributed by atoms with Crippen molar-refractivity contribution in [2.24, 2.45) is 0 Å². The molecule has 2 N–H and O–H groups in total. The Bertz CT molecular complexity index is 697. The van der Waals surface area contributed by atoms with Gasteiger partial charge in [0, 0.05) is 17.4 Å². The minimum atomic E-state index is -3.32. The average Bonchev–Trinajstić information content (AvgIpc) is 2.39. The van der Waals surface area contributed by atoms with E-state index in [1.807, 2.05) is 0 Å². The number of sulfonamides is 1. The molecule has 0 spiro atoms. The van der Waals surface area contributed by atoms with E-state index in [0.717, 1.165) is 6.26 Å². The largest absolute Gasteiger partial charge is 0.307 e. The fourth-order valence-electron chi connectivity index (χ4n) is 1.53. The van der Waals surface area contributed by atoms with Crippen LogP contribution in [0, 0.1) is 0 Å². The number of aromatic nitrogens is 1. The molecule has 104 valence electrons. The zero-order valence-corrected chi connectivity index (χ0v) is 11.5. The van der Waals surface area contributed by atoms with Crippen molar-refractivity contribution >= 4 is 27.4 Å². The lowest BCUT2D eigenvalue weighted by atomic mass is 10.2. The number of carbonyl (C=O) groups is 1. The summed E-state index contributed by atoms with van der Waals surface area (Å²) >= 11 is 0. The Hall–Kier alpha value is -2.41. The highest BCUT2D eigenvalue weighted by molar-refractivity contribution is 7.92. The van der Waals surface area contributed by atoms with Crippen molar-refractivity contribution < 1.29 is 13.2 Å². The first-order valence-corrected chi connectivity index (χ1v) is 7.63. The third kappa shape index (κ3) is 4.06. The maximum absolute atomic E-state index is 11.9. The van der Waals surface area contributed by atoms with Crippen LogP contribution in [0.5, 0.6) is 0 Å². The summed E-state index contributed by atoms with van der Waals surface area (Å²) in [5.74, 6) is 0.144. The minimum Gasteiger partial charge on any atom is -0.307 e. The topological polar surface area (TPSA) is 88.2 Å². The number of hydrogen-bond acceptors (Lipinski definition) is 4. The number of pyridine rings is 1. The molecule has 2 aromatic rings. The lowest BCUT2D eigenvalue weighted by Crippen LogP contribution is -2.13. The predicted molar refractivity (Wildman–Crippen MR) is 77.1 cm³/mol. The van der Waals surface area contributed by atoms with Crippen molar-refractivity contribution in [3.63, 3.8) is 0 Å². The molecular formula is C13H13N3O3S. The SMILES string of the molecule is CS(=O)(=O)Nc1ccc(C(=O)Nc2ccccn2)cc1. The number of nitrogens with one attached hydrogen (secondary N) is 2. The predicted octanol–water partition coefficient (Wildman–Crippen LogP) is 1.71. The summed E-state index contributed by atoms with van der Waals surface area (Å²) in [5.41, 5.74) is 0.816. The van der Waals surface area contributed by atoms with Crippen LogP contribution in [0.3, 0.4) is 0 Å². The van der Waals surface area contributed by atoms with Crippen LogP contribution >= 0.6 is 0 Å². The number of benzene rings is 1. The number of nitrogens with zero attached hydrogens (tertiary/aromatic N) is 1. The molecule has 20 heavy (non-hydrogen) atoms. The molecule has 0 radical (unpaired) electrons. The van der Waals surface area contributed by atoms with Gasteiger partial charge in [-0.3, -0.25) is 9.52 Å². The van der Waals surface area contributed by atoms with E-state index < -0.39 is 10.0 Å². The third-order valence-electron chi connectivity index (χ3n) is 2.36. The van der Waals surface area contributed by atoms with Crippen LogP contribution in [0.4, 0.5) is 11.5 Å². The molecule has 0 bridgehead atoms. The van der Waals surface area contributed by atoms with Crippen LogP contribution in [0.25, 0.3) is 0 Å². The molecule has 0 unspecified atom stereocenters. The van der Waals surface area contributed by atoms with Gasteiger partial charge in [-0.25, -0.2) is 13.4 Å². The van der Waals surface area contributed by atoms with Crippen molar-refractivity contribution in [2.75, 3.05) is 16.3 Å². The average molecular weight is 291 g/mol. The molecule has 2 rings (SSSR count). The third-order valence-corrected chi connectivity index (χ3v) is 2.96. The first-order valence-electron chi connectivity index (χ1n) is 5.74. The van der Waals surface area contributed by atoms with Crippen molar-refractivity contribution in [1.82, 2.24) is 4.98 Å². The number of rotatable bonds is 4. The van der Waals surface area contributed by atoms with Crippen LogP contribution in [-0.2, 0) is 10.0 Å². The van der Waals surface area contributed by atoms with Gasteiger partial charge in [0.2, 0.25) is 10.0 Å². The number of amides is 1. The molecular weight excluding hydrogens is 278 g/mol. The number of anilines is 2. The second kappa shape index (κ2) is 5.70. The van der Waals surface area contributed by atoms with Crippen LogP contribution in [-0.4, -0.2) is 25.6 Å². The lowest BCUT2D eigenvalue weighted by molar-refractivity contribution is 0.102. The van der Waals surface area contributed by atoms with Gasteiger partial charge in [-0.2, -0.15) is 0 Å². The fourth-order valence-corrected chi connectivity index (χ4v) is 2.09. The molecule has 6 nitrogen and oxygen atoms in total. The maximum atomic E-state index is 11.9. The highest BCUT2D eigenvalue weighted by Gasteiger charge is 2.07. The quantitative estimate of drug-likeness (QED) is 0.897. The standard InChI is InChI=1S/C13H13N3O3S/c1-20(18,19)16-11-7-5-10(6-8-11)13(17)15-12-4-2-3-9-14-12/h2-9,16H,1H3,(H,14,15,17). The zero-order valence-electron chi connectivity index (χ0n) is 10.7. The van der Waals surface area contributed by atoms with Crippen molar-refractivity contribution in [2.45, 2.75) is 0 Å². The summed E-state index contributed by atoms with van der Waals surface area (Å²) in [6.45, 7) is 0. The lowest BCUT2D eigenvalue weighted by Gasteiger charge is -2.06. The van der Waals surface area contributed by atoms with Gasteiger partial charge in [0.15, 0.2) is 0 Å². The normalized spacial score (nSPS) is 10.8. The van der Waals surface area contributed by atoms with E-state index >= 15 is 0 Å². The number of carbonyl (C=O) groups excluding carboxylic acids is 1. The second-order valence-corrected chi connectivity index (χ2v) is 5.87. The molecule has 0 fully saturated rings. The van der Waals surface area contributed by atoms with Crippen LogP contribution in [0.15, 0.2) is 48.7 Å². The first-order chi connectivity index (χ1) is 9.44. The monoisotopic (exact) mass is 291 g/mol. The van der Waals surface area contributed by atoms with Crippen LogP contribution < -0.4 is 10.0 Å². The molecule has 1 heterocycles. The number of hydrogen-bond donors (Lipinski definition) is 2. The summed E-state index contributed by atoms with van der Waals surface area (Å²) in [7, 11) is -3.32. The Labute approximate surface area is 116 Å². The van der Waals surface area contributed by atoms with Crippen molar-refractivity contribution in [3.05, 3.63) is 54.2 Å². The summed E-state index contributed by atoms with van der Waals surface area (Å²) in [6, 6.07) is 11.3. The van der Waals surface area contributed by atoms with Gasteiger partial charge in [0.25, 0.3) is 5.91 Å². The smallest absolute Gasteiger partial charge is 0.256 e. The van der Waals surface area contributed by atoms with E-state index in [9.17, 15) is 13.2 Å². The molecule has 0 aliphatic heterocycles. The minimum absolute atomic E-state index is 0.311.